The SMILES string of the molecule is O=C(CCCc1ccccc1)Nc1nnc(-c2ccccc2)s1. The Balaban J connectivity index is 1.49. The van der Waals surface area contributed by atoms with Crippen LogP contribution >= 0.6 is 11.3 Å². The smallest absolute Gasteiger partial charge is 0.226 e. The Morgan fingerprint density at radius 3 is 2.39 bits per heavy atom. The van der Waals surface area contributed by atoms with Crippen molar-refractivity contribution in [1.29, 1.82) is 0 Å². The second kappa shape index (κ2) is 7.65. The second-order valence-corrected chi connectivity index (χ2v) is 6.14. The van der Waals surface area contributed by atoms with Gasteiger partial charge in [-0.3, -0.25) is 4.79 Å². The van der Waals surface area contributed by atoms with Crippen LogP contribution in [-0.4, -0.2) is 16.1 Å². The van der Waals surface area contributed by atoms with Crippen LogP contribution in [0.2, 0.25) is 0 Å². The van der Waals surface area contributed by atoms with Gasteiger partial charge in [0, 0.05) is 12.0 Å². The molecule has 0 unspecified atom stereocenters. The lowest BCUT2D eigenvalue weighted by molar-refractivity contribution is -0.116. The van der Waals surface area contributed by atoms with Crippen LogP contribution in [0.15, 0.2) is 60.7 Å². The highest BCUT2D eigenvalue weighted by Crippen LogP contribution is 2.25. The van der Waals surface area contributed by atoms with Gasteiger partial charge in [-0.2, -0.15) is 0 Å². The summed E-state index contributed by atoms with van der Waals surface area (Å²) < 4.78 is 0. The van der Waals surface area contributed by atoms with Crippen molar-refractivity contribution >= 4 is 22.4 Å². The fraction of sp³-hybridized carbons (Fsp3) is 0.167. The molecule has 2 aromatic carbocycles. The van der Waals surface area contributed by atoms with Crippen LogP contribution in [0, 0.1) is 0 Å². The molecule has 0 atom stereocenters. The monoisotopic (exact) mass is 323 g/mol. The molecule has 3 aromatic rings. The molecule has 1 heterocycles. The lowest BCUT2D eigenvalue weighted by atomic mass is 10.1. The maximum absolute atomic E-state index is 12.0. The third-order valence-corrected chi connectivity index (χ3v) is 4.29. The number of carbonyl (C=O) groups excluding carboxylic acids is 1. The van der Waals surface area contributed by atoms with Crippen molar-refractivity contribution in [2.75, 3.05) is 5.32 Å². The first-order chi connectivity index (χ1) is 11.3. The number of nitrogens with zero attached hydrogens (tertiary/aromatic N) is 2. The van der Waals surface area contributed by atoms with Gasteiger partial charge in [0.15, 0.2) is 0 Å². The Kier molecular flexibility index (Phi) is 5.11. The maximum atomic E-state index is 12.0. The average Bonchev–Trinajstić information content (AvgIpc) is 3.05. The summed E-state index contributed by atoms with van der Waals surface area (Å²) >= 11 is 1.39. The van der Waals surface area contributed by atoms with Crippen LogP contribution in [0.4, 0.5) is 5.13 Å². The summed E-state index contributed by atoms with van der Waals surface area (Å²) in [6.07, 6.45) is 2.20. The van der Waals surface area contributed by atoms with E-state index in [1.807, 2.05) is 48.5 Å². The summed E-state index contributed by atoms with van der Waals surface area (Å²) in [6.45, 7) is 0. The molecule has 0 saturated carbocycles. The number of hydrogen-bond donors (Lipinski definition) is 1. The third-order valence-electron chi connectivity index (χ3n) is 3.40. The van der Waals surface area contributed by atoms with Crippen LogP contribution in [0.5, 0.6) is 0 Å². The summed E-state index contributed by atoms with van der Waals surface area (Å²) in [6, 6.07) is 20.0. The van der Waals surface area contributed by atoms with E-state index in [-0.39, 0.29) is 5.91 Å². The van der Waals surface area contributed by atoms with Gasteiger partial charge in [0.25, 0.3) is 0 Å². The van der Waals surface area contributed by atoms with E-state index in [0.29, 0.717) is 11.6 Å². The van der Waals surface area contributed by atoms with E-state index in [1.54, 1.807) is 0 Å². The highest BCUT2D eigenvalue weighted by molar-refractivity contribution is 7.18. The Labute approximate surface area is 139 Å². The van der Waals surface area contributed by atoms with E-state index < -0.39 is 0 Å². The quantitative estimate of drug-likeness (QED) is 0.741. The highest BCUT2D eigenvalue weighted by atomic mass is 32.1. The van der Waals surface area contributed by atoms with E-state index >= 15 is 0 Å². The van der Waals surface area contributed by atoms with Gasteiger partial charge >= 0.3 is 0 Å². The Bertz CT molecular complexity index is 756. The van der Waals surface area contributed by atoms with Gasteiger partial charge in [-0.15, -0.1) is 10.2 Å². The molecule has 0 fully saturated rings. The van der Waals surface area contributed by atoms with E-state index in [1.165, 1.54) is 16.9 Å². The van der Waals surface area contributed by atoms with Gasteiger partial charge in [-0.25, -0.2) is 0 Å². The summed E-state index contributed by atoms with van der Waals surface area (Å²) in [5.41, 5.74) is 2.26. The van der Waals surface area contributed by atoms with E-state index in [4.69, 9.17) is 0 Å². The van der Waals surface area contributed by atoms with Gasteiger partial charge < -0.3 is 5.32 Å². The van der Waals surface area contributed by atoms with Crippen LogP contribution in [0.3, 0.4) is 0 Å². The third kappa shape index (κ3) is 4.47. The minimum absolute atomic E-state index is 0.0170. The molecule has 0 aliphatic carbocycles. The first-order valence-electron chi connectivity index (χ1n) is 7.54. The normalized spacial score (nSPS) is 10.4. The molecule has 3 rings (SSSR count). The maximum Gasteiger partial charge on any atom is 0.226 e. The Morgan fingerprint density at radius 1 is 0.957 bits per heavy atom. The zero-order chi connectivity index (χ0) is 15.9. The summed E-state index contributed by atoms with van der Waals surface area (Å²) in [5, 5.41) is 12.3. The molecular formula is C18H17N3OS. The highest BCUT2D eigenvalue weighted by Gasteiger charge is 2.09. The first-order valence-corrected chi connectivity index (χ1v) is 8.35. The van der Waals surface area contributed by atoms with Crippen molar-refractivity contribution in [3.63, 3.8) is 0 Å². The number of aromatic nitrogens is 2. The fourth-order valence-corrected chi connectivity index (χ4v) is 3.02. The van der Waals surface area contributed by atoms with Crippen molar-refractivity contribution in [1.82, 2.24) is 10.2 Å². The molecule has 0 bridgehead atoms. The predicted molar refractivity (Wildman–Crippen MR) is 93.4 cm³/mol. The fourth-order valence-electron chi connectivity index (χ4n) is 2.25. The summed E-state index contributed by atoms with van der Waals surface area (Å²) in [7, 11) is 0. The van der Waals surface area contributed by atoms with Gasteiger partial charge in [-0.05, 0) is 18.4 Å². The van der Waals surface area contributed by atoms with Gasteiger partial charge in [0.05, 0.1) is 0 Å². The van der Waals surface area contributed by atoms with Gasteiger partial charge in [0.1, 0.15) is 5.01 Å². The number of rotatable bonds is 6. The summed E-state index contributed by atoms with van der Waals surface area (Å²) in [4.78, 5) is 12.0. The molecular weight excluding hydrogens is 306 g/mol. The minimum Gasteiger partial charge on any atom is -0.301 e. The number of nitrogens with one attached hydrogen (secondary N) is 1. The molecule has 0 radical (unpaired) electrons. The number of aryl methyl sites for hydroxylation is 1. The van der Waals surface area contributed by atoms with E-state index in [9.17, 15) is 4.79 Å². The molecule has 1 aromatic heterocycles. The van der Waals surface area contributed by atoms with Crippen molar-refractivity contribution in [3.8, 4) is 10.6 Å². The lowest BCUT2D eigenvalue weighted by Crippen LogP contribution is -2.11. The van der Waals surface area contributed by atoms with E-state index in [0.717, 1.165) is 23.4 Å². The zero-order valence-corrected chi connectivity index (χ0v) is 13.4. The van der Waals surface area contributed by atoms with Gasteiger partial charge in [0.2, 0.25) is 11.0 Å². The molecule has 0 saturated heterocycles. The molecule has 4 nitrogen and oxygen atoms in total. The first kappa shape index (κ1) is 15.4. The molecule has 1 N–H and O–H groups in total. The Hall–Kier alpha value is -2.53. The predicted octanol–water partition coefficient (Wildman–Crippen LogP) is 4.17. The molecule has 0 aliphatic heterocycles. The molecule has 0 spiro atoms. The van der Waals surface area contributed by atoms with Crippen LogP contribution in [-0.2, 0) is 11.2 Å². The topological polar surface area (TPSA) is 54.9 Å². The number of carbonyl (C=O) groups is 1. The van der Waals surface area contributed by atoms with Crippen LogP contribution < -0.4 is 5.32 Å². The molecule has 23 heavy (non-hydrogen) atoms. The van der Waals surface area contributed by atoms with Crippen LogP contribution in [0.1, 0.15) is 18.4 Å². The van der Waals surface area contributed by atoms with Gasteiger partial charge in [-0.1, -0.05) is 72.0 Å². The zero-order valence-electron chi connectivity index (χ0n) is 12.6. The summed E-state index contributed by atoms with van der Waals surface area (Å²) in [5.74, 6) is -0.0170. The number of hydrogen-bond acceptors (Lipinski definition) is 4. The molecule has 0 aliphatic rings. The van der Waals surface area contributed by atoms with E-state index in [2.05, 4.69) is 27.6 Å². The number of amides is 1. The van der Waals surface area contributed by atoms with Crippen molar-refractivity contribution in [3.05, 3.63) is 66.2 Å². The van der Waals surface area contributed by atoms with Crippen LogP contribution in [0.25, 0.3) is 10.6 Å². The molecule has 5 heteroatoms. The largest absolute Gasteiger partial charge is 0.301 e. The number of anilines is 1. The van der Waals surface area contributed by atoms with Crippen molar-refractivity contribution < 1.29 is 4.79 Å². The minimum atomic E-state index is -0.0170. The second-order valence-electron chi connectivity index (χ2n) is 5.17. The molecule has 116 valence electrons. The number of benzene rings is 2. The average molecular weight is 323 g/mol. The lowest BCUT2D eigenvalue weighted by Gasteiger charge is -2.02. The Morgan fingerprint density at radius 2 is 1.65 bits per heavy atom. The molecule has 1 amide bonds. The standard InChI is InChI=1S/C18H17N3OS/c22-16(13-7-10-14-8-3-1-4-9-14)19-18-21-20-17(23-18)15-11-5-2-6-12-15/h1-6,8-9,11-12H,7,10,13H2,(H,19,21,22). The van der Waals surface area contributed by atoms with Crippen molar-refractivity contribution in [2.24, 2.45) is 0 Å². The van der Waals surface area contributed by atoms with Crippen molar-refractivity contribution in [2.45, 2.75) is 19.3 Å².